The predicted octanol–water partition coefficient (Wildman–Crippen LogP) is 2.95. The van der Waals surface area contributed by atoms with E-state index in [0.717, 1.165) is 6.92 Å². The standard InChI is InChI=1S/C12H16F2O2/c1-8(2)16-10-6-4-9(5-7-10)12(3,15)11(13)14/h4-8,11,15H,1-3H3. The molecule has 90 valence electrons. The Morgan fingerprint density at radius 2 is 1.69 bits per heavy atom. The van der Waals surface area contributed by atoms with Gasteiger partial charge in [-0.2, -0.15) is 0 Å². The smallest absolute Gasteiger partial charge is 0.270 e. The molecule has 0 aliphatic carbocycles. The lowest BCUT2D eigenvalue weighted by Gasteiger charge is -2.23. The van der Waals surface area contributed by atoms with E-state index >= 15 is 0 Å². The fourth-order valence-electron chi connectivity index (χ4n) is 1.27. The van der Waals surface area contributed by atoms with E-state index in [0.29, 0.717) is 5.75 Å². The molecule has 0 aromatic heterocycles. The summed E-state index contributed by atoms with van der Waals surface area (Å²) >= 11 is 0. The van der Waals surface area contributed by atoms with Crippen molar-refractivity contribution in [3.63, 3.8) is 0 Å². The molecule has 0 amide bonds. The van der Waals surface area contributed by atoms with Crippen LogP contribution in [0.4, 0.5) is 8.78 Å². The molecule has 0 aliphatic heterocycles. The highest BCUT2D eigenvalue weighted by Gasteiger charge is 2.34. The van der Waals surface area contributed by atoms with E-state index in [1.165, 1.54) is 12.1 Å². The molecule has 0 radical (unpaired) electrons. The third-order valence-corrected chi connectivity index (χ3v) is 2.24. The van der Waals surface area contributed by atoms with E-state index in [9.17, 15) is 13.9 Å². The van der Waals surface area contributed by atoms with Crippen LogP contribution in [-0.4, -0.2) is 17.6 Å². The lowest BCUT2D eigenvalue weighted by molar-refractivity contribution is -0.0883. The number of benzene rings is 1. The SMILES string of the molecule is CC(C)Oc1ccc(C(C)(O)C(F)F)cc1. The van der Waals surface area contributed by atoms with Crippen LogP contribution >= 0.6 is 0 Å². The first kappa shape index (κ1) is 12.9. The second kappa shape index (κ2) is 4.78. The molecular formula is C12H16F2O2. The van der Waals surface area contributed by atoms with Gasteiger partial charge in [-0.3, -0.25) is 0 Å². The summed E-state index contributed by atoms with van der Waals surface area (Å²) in [5.74, 6) is 0.601. The summed E-state index contributed by atoms with van der Waals surface area (Å²) < 4.78 is 30.4. The number of halogens is 2. The Bertz CT molecular complexity index is 331. The summed E-state index contributed by atoms with van der Waals surface area (Å²) in [7, 11) is 0. The zero-order chi connectivity index (χ0) is 12.3. The van der Waals surface area contributed by atoms with Crippen LogP contribution in [0.25, 0.3) is 0 Å². The first-order chi connectivity index (χ1) is 7.34. The third kappa shape index (κ3) is 2.92. The Labute approximate surface area is 93.9 Å². The van der Waals surface area contributed by atoms with E-state index in [4.69, 9.17) is 4.74 Å². The fourth-order valence-corrected chi connectivity index (χ4v) is 1.27. The number of hydrogen-bond acceptors (Lipinski definition) is 2. The predicted molar refractivity (Wildman–Crippen MR) is 57.8 cm³/mol. The van der Waals surface area contributed by atoms with Crippen molar-refractivity contribution in [3.8, 4) is 5.75 Å². The molecule has 0 bridgehead atoms. The van der Waals surface area contributed by atoms with E-state index in [1.807, 2.05) is 13.8 Å². The quantitative estimate of drug-likeness (QED) is 0.861. The first-order valence-corrected chi connectivity index (χ1v) is 5.11. The van der Waals surface area contributed by atoms with Crippen molar-refractivity contribution in [2.24, 2.45) is 0 Å². The molecule has 1 rings (SSSR count). The van der Waals surface area contributed by atoms with Gasteiger partial charge in [0.2, 0.25) is 0 Å². The van der Waals surface area contributed by atoms with Gasteiger partial charge < -0.3 is 9.84 Å². The molecule has 0 aliphatic rings. The van der Waals surface area contributed by atoms with Gasteiger partial charge >= 0.3 is 0 Å². The number of aliphatic hydroxyl groups is 1. The van der Waals surface area contributed by atoms with Crippen molar-refractivity contribution >= 4 is 0 Å². The van der Waals surface area contributed by atoms with E-state index in [1.54, 1.807) is 12.1 Å². The molecule has 0 heterocycles. The minimum atomic E-state index is -2.82. The highest BCUT2D eigenvalue weighted by molar-refractivity contribution is 5.31. The molecule has 0 spiro atoms. The van der Waals surface area contributed by atoms with Crippen LogP contribution in [0.3, 0.4) is 0 Å². The van der Waals surface area contributed by atoms with Gasteiger partial charge in [0.05, 0.1) is 6.10 Å². The summed E-state index contributed by atoms with van der Waals surface area (Å²) in [6, 6.07) is 6.05. The van der Waals surface area contributed by atoms with Gasteiger partial charge in [-0.25, -0.2) is 8.78 Å². The number of ether oxygens (including phenoxy) is 1. The summed E-state index contributed by atoms with van der Waals surface area (Å²) in [5.41, 5.74) is -1.94. The number of alkyl halides is 2. The highest BCUT2D eigenvalue weighted by atomic mass is 19.3. The molecule has 4 heteroatoms. The average molecular weight is 230 g/mol. The number of rotatable bonds is 4. The van der Waals surface area contributed by atoms with Crippen LogP contribution in [0.2, 0.25) is 0 Å². The minimum Gasteiger partial charge on any atom is -0.491 e. The van der Waals surface area contributed by atoms with Crippen LogP contribution in [0, 0.1) is 0 Å². The molecule has 16 heavy (non-hydrogen) atoms. The maximum atomic E-state index is 12.5. The van der Waals surface area contributed by atoms with Gasteiger partial charge in [-0.05, 0) is 38.5 Å². The Morgan fingerprint density at radius 3 is 2.06 bits per heavy atom. The molecule has 1 aromatic rings. The summed E-state index contributed by atoms with van der Waals surface area (Å²) in [4.78, 5) is 0. The summed E-state index contributed by atoms with van der Waals surface area (Å²) in [6.07, 6.45) is -2.79. The molecule has 1 unspecified atom stereocenters. The molecule has 0 saturated carbocycles. The highest BCUT2D eigenvalue weighted by Crippen LogP contribution is 2.29. The maximum Gasteiger partial charge on any atom is 0.270 e. The van der Waals surface area contributed by atoms with E-state index in [-0.39, 0.29) is 11.7 Å². The molecule has 1 atom stereocenters. The van der Waals surface area contributed by atoms with Gasteiger partial charge in [0.25, 0.3) is 6.43 Å². The van der Waals surface area contributed by atoms with Gasteiger partial charge in [0.15, 0.2) is 0 Å². The Balaban J connectivity index is 2.86. The maximum absolute atomic E-state index is 12.5. The second-order valence-corrected chi connectivity index (χ2v) is 4.14. The van der Waals surface area contributed by atoms with Crippen LogP contribution in [0.15, 0.2) is 24.3 Å². The third-order valence-electron chi connectivity index (χ3n) is 2.24. The van der Waals surface area contributed by atoms with Crippen LogP contribution in [-0.2, 0) is 5.60 Å². The van der Waals surface area contributed by atoms with E-state index in [2.05, 4.69) is 0 Å². The van der Waals surface area contributed by atoms with Crippen molar-refractivity contribution in [1.82, 2.24) is 0 Å². The van der Waals surface area contributed by atoms with Gasteiger partial charge in [0.1, 0.15) is 11.4 Å². The Morgan fingerprint density at radius 1 is 1.19 bits per heavy atom. The molecule has 0 fully saturated rings. The van der Waals surface area contributed by atoms with Gasteiger partial charge in [0, 0.05) is 0 Å². The van der Waals surface area contributed by atoms with Crippen molar-refractivity contribution in [2.45, 2.75) is 38.9 Å². The largest absolute Gasteiger partial charge is 0.491 e. The Kier molecular flexibility index (Phi) is 3.86. The molecule has 2 nitrogen and oxygen atoms in total. The molecular weight excluding hydrogens is 214 g/mol. The van der Waals surface area contributed by atoms with E-state index < -0.39 is 12.0 Å². The average Bonchev–Trinajstić information content (AvgIpc) is 2.17. The lowest BCUT2D eigenvalue weighted by Crippen LogP contribution is -2.30. The molecule has 1 N–H and O–H groups in total. The monoisotopic (exact) mass is 230 g/mol. The number of hydrogen-bond donors (Lipinski definition) is 1. The van der Waals surface area contributed by atoms with Gasteiger partial charge in [-0.1, -0.05) is 12.1 Å². The van der Waals surface area contributed by atoms with Crippen molar-refractivity contribution < 1.29 is 18.6 Å². The Hall–Kier alpha value is -1.16. The molecule has 1 aromatic carbocycles. The minimum absolute atomic E-state index is 0.0291. The van der Waals surface area contributed by atoms with Crippen LogP contribution in [0.5, 0.6) is 5.75 Å². The second-order valence-electron chi connectivity index (χ2n) is 4.14. The van der Waals surface area contributed by atoms with Crippen LogP contribution < -0.4 is 4.74 Å². The molecule has 0 saturated heterocycles. The van der Waals surface area contributed by atoms with Crippen molar-refractivity contribution in [3.05, 3.63) is 29.8 Å². The summed E-state index contributed by atoms with van der Waals surface area (Å²) in [6.45, 7) is 4.85. The lowest BCUT2D eigenvalue weighted by atomic mass is 9.97. The fraction of sp³-hybridized carbons (Fsp3) is 0.500. The zero-order valence-corrected chi connectivity index (χ0v) is 9.58. The van der Waals surface area contributed by atoms with Crippen molar-refractivity contribution in [2.75, 3.05) is 0 Å². The topological polar surface area (TPSA) is 29.5 Å². The first-order valence-electron chi connectivity index (χ1n) is 5.11. The summed E-state index contributed by atoms with van der Waals surface area (Å²) in [5, 5.41) is 9.55. The normalized spacial score (nSPS) is 15.2. The van der Waals surface area contributed by atoms with Crippen molar-refractivity contribution in [1.29, 1.82) is 0 Å². The zero-order valence-electron chi connectivity index (χ0n) is 9.58. The van der Waals surface area contributed by atoms with Crippen LogP contribution in [0.1, 0.15) is 26.3 Å². The van der Waals surface area contributed by atoms with Gasteiger partial charge in [-0.15, -0.1) is 0 Å².